The Kier molecular flexibility index (Phi) is 4.55. The molecule has 1 aromatic carbocycles. The van der Waals surface area contributed by atoms with E-state index in [-0.39, 0.29) is 0 Å². The van der Waals surface area contributed by atoms with Crippen molar-refractivity contribution >= 4 is 15.9 Å². The summed E-state index contributed by atoms with van der Waals surface area (Å²) in [5.74, 6) is 1.12. The molecule has 0 amide bonds. The van der Waals surface area contributed by atoms with Crippen LogP contribution in [0.4, 0.5) is 0 Å². The van der Waals surface area contributed by atoms with Gasteiger partial charge in [-0.1, -0.05) is 22.9 Å². The van der Waals surface area contributed by atoms with E-state index in [9.17, 15) is 0 Å². The molecule has 0 bridgehead atoms. The zero-order chi connectivity index (χ0) is 13.0. The molecule has 0 spiro atoms. The molecule has 1 aromatic heterocycles. The summed E-state index contributed by atoms with van der Waals surface area (Å²) in [4.78, 5) is 4.44. The molecule has 0 atom stereocenters. The number of hydrogen-bond acceptors (Lipinski definition) is 2. The van der Waals surface area contributed by atoms with Crippen molar-refractivity contribution in [1.29, 1.82) is 0 Å². The number of aromatic nitrogens is 2. The maximum absolute atomic E-state index is 4.44. The minimum absolute atomic E-state index is 0.846. The molecule has 2 rings (SSSR count). The van der Waals surface area contributed by atoms with E-state index in [2.05, 4.69) is 55.9 Å². The Morgan fingerprint density at radius 1 is 1.39 bits per heavy atom. The van der Waals surface area contributed by atoms with Gasteiger partial charge in [0.2, 0.25) is 0 Å². The maximum atomic E-state index is 4.44. The summed E-state index contributed by atoms with van der Waals surface area (Å²) in [6.45, 7) is 3.02. The molecule has 2 aromatic rings. The molecule has 0 aliphatic rings. The molecule has 1 N–H and O–H groups in total. The maximum Gasteiger partial charge on any atom is 0.113 e. The van der Waals surface area contributed by atoms with E-state index in [1.54, 1.807) is 0 Å². The highest BCUT2D eigenvalue weighted by Gasteiger charge is 2.08. The van der Waals surface area contributed by atoms with Crippen molar-refractivity contribution in [3.63, 3.8) is 0 Å². The lowest BCUT2D eigenvalue weighted by Crippen LogP contribution is -2.10. The molecule has 0 unspecified atom stereocenters. The highest BCUT2D eigenvalue weighted by molar-refractivity contribution is 9.10. The third-order valence-corrected chi connectivity index (χ3v) is 3.35. The highest BCUT2D eigenvalue weighted by Crippen LogP contribution is 2.21. The number of hydrogen-bond donors (Lipinski definition) is 1. The number of halogens is 1. The summed E-state index contributed by atoms with van der Waals surface area (Å²) in [6, 6.07) is 6.36. The van der Waals surface area contributed by atoms with Crippen molar-refractivity contribution in [1.82, 2.24) is 14.9 Å². The highest BCUT2D eigenvalue weighted by atomic mass is 79.9. The summed E-state index contributed by atoms with van der Waals surface area (Å²) in [5.41, 5.74) is 2.47. The molecule has 0 radical (unpaired) electrons. The van der Waals surface area contributed by atoms with E-state index in [0.29, 0.717) is 0 Å². The van der Waals surface area contributed by atoms with Crippen LogP contribution in [0.1, 0.15) is 24.7 Å². The minimum Gasteiger partial charge on any atom is -0.316 e. The van der Waals surface area contributed by atoms with Crippen LogP contribution in [0.2, 0.25) is 0 Å². The second-order valence-electron chi connectivity index (χ2n) is 4.27. The van der Waals surface area contributed by atoms with E-state index in [1.165, 1.54) is 11.3 Å². The van der Waals surface area contributed by atoms with Crippen molar-refractivity contribution in [3.8, 4) is 5.69 Å². The topological polar surface area (TPSA) is 29.9 Å². The number of aryl methyl sites for hydroxylation is 1. The van der Waals surface area contributed by atoms with Gasteiger partial charge in [-0.25, -0.2) is 4.98 Å². The average Bonchev–Trinajstić information content (AvgIpc) is 2.78. The molecule has 96 valence electrons. The molecule has 0 saturated carbocycles. The standard InChI is InChI=1S/C14H18BrN3/c1-3-4-14-17-7-8-18(14)13-6-5-12(15)9-11(13)10-16-2/h5-9,16H,3-4,10H2,1-2H3. The van der Waals surface area contributed by atoms with E-state index in [1.807, 2.05) is 19.4 Å². The summed E-state index contributed by atoms with van der Waals surface area (Å²) < 4.78 is 3.29. The van der Waals surface area contributed by atoms with Crippen LogP contribution >= 0.6 is 15.9 Å². The minimum atomic E-state index is 0.846. The number of nitrogens with zero attached hydrogens (tertiary/aromatic N) is 2. The SMILES string of the molecule is CCCc1nccn1-c1ccc(Br)cc1CNC. The monoisotopic (exact) mass is 307 g/mol. The van der Waals surface area contributed by atoms with Crippen LogP contribution in [0, 0.1) is 0 Å². The van der Waals surface area contributed by atoms with E-state index in [4.69, 9.17) is 0 Å². The quantitative estimate of drug-likeness (QED) is 0.918. The van der Waals surface area contributed by atoms with Crippen molar-refractivity contribution in [3.05, 3.63) is 46.5 Å². The zero-order valence-electron chi connectivity index (χ0n) is 10.8. The van der Waals surface area contributed by atoms with Crippen molar-refractivity contribution in [2.24, 2.45) is 0 Å². The lowest BCUT2D eigenvalue weighted by Gasteiger charge is -2.13. The van der Waals surface area contributed by atoms with Gasteiger partial charge in [0, 0.05) is 29.8 Å². The molecule has 0 saturated heterocycles. The van der Waals surface area contributed by atoms with Gasteiger partial charge in [-0.3, -0.25) is 0 Å². The van der Waals surface area contributed by atoms with Crippen LogP contribution in [0.5, 0.6) is 0 Å². The Bertz CT molecular complexity index is 520. The third kappa shape index (κ3) is 2.82. The molecule has 0 aliphatic carbocycles. The van der Waals surface area contributed by atoms with Crippen LogP contribution in [0.15, 0.2) is 35.1 Å². The molecule has 18 heavy (non-hydrogen) atoms. The van der Waals surface area contributed by atoms with Crippen LogP contribution < -0.4 is 5.32 Å². The summed E-state index contributed by atoms with van der Waals surface area (Å²) >= 11 is 3.53. The molecule has 3 nitrogen and oxygen atoms in total. The fourth-order valence-electron chi connectivity index (χ4n) is 2.08. The fourth-order valence-corrected chi connectivity index (χ4v) is 2.49. The summed E-state index contributed by atoms with van der Waals surface area (Å²) in [6.07, 6.45) is 6.01. The predicted molar refractivity (Wildman–Crippen MR) is 78.0 cm³/mol. The van der Waals surface area contributed by atoms with E-state index >= 15 is 0 Å². The van der Waals surface area contributed by atoms with Crippen LogP contribution in [-0.4, -0.2) is 16.6 Å². The molecular weight excluding hydrogens is 290 g/mol. The Morgan fingerprint density at radius 3 is 2.94 bits per heavy atom. The van der Waals surface area contributed by atoms with E-state index in [0.717, 1.165) is 29.7 Å². The lowest BCUT2D eigenvalue weighted by atomic mass is 10.1. The summed E-state index contributed by atoms with van der Waals surface area (Å²) in [5, 5.41) is 3.21. The normalized spacial score (nSPS) is 10.8. The van der Waals surface area contributed by atoms with Gasteiger partial charge in [-0.2, -0.15) is 0 Å². The van der Waals surface area contributed by atoms with Gasteiger partial charge in [0.1, 0.15) is 5.82 Å². The second kappa shape index (κ2) is 6.16. The number of nitrogens with one attached hydrogen (secondary N) is 1. The average molecular weight is 308 g/mol. The Hall–Kier alpha value is -1.13. The predicted octanol–water partition coefficient (Wildman–Crippen LogP) is 3.31. The second-order valence-corrected chi connectivity index (χ2v) is 5.18. The van der Waals surface area contributed by atoms with Gasteiger partial charge in [0.15, 0.2) is 0 Å². The smallest absolute Gasteiger partial charge is 0.113 e. The Labute approximate surface area is 116 Å². The van der Waals surface area contributed by atoms with Gasteiger partial charge in [-0.15, -0.1) is 0 Å². The summed E-state index contributed by atoms with van der Waals surface area (Å²) in [7, 11) is 1.96. The first kappa shape index (κ1) is 13.3. The first-order valence-electron chi connectivity index (χ1n) is 6.22. The van der Waals surface area contributed by atoms with Crippen LogP contribution in [0.25, 0.3) is 5.69 Å². The number of imidazole rings is 1. The largest absolute Gasteiger partial charge is 0.316 e. The fraction of sp³-hybridized carbons (Fsp3) is 0.357. The van der Waals surface area contributed by atoms with Gasteiger partial charge >= 0.3 is 0 Å². The van der Waals surface area contributed by atoms with E-state index < -0.39 is 0 Å². The lowest BCUT2D eigenvalue weighted by molar-refractivity contribution is 0.779. The molecule has 0 aliphatic heterocycles. The molecule has 4 heteroatoms. The first-order valence-corrected chi connectivity index (χ1v) is 7.01. The Balaban J connectivity index is 2.45. The van der Waals surface area contributed by atoms with Crippen LogP contribution in [0.3, 0.4) is 0 Å². The van der Waals surface area contributed by atoms with Crippen LogP contribution in [-0.2, 0) is 13.0 Å². The van der Waals surface area contributed by atoms with Gasteiger partial charge in [-0.05, 0) is 37.2 Å². The van der Waals surface area contributed by atoms with Crippen molar-refractivity contribution in [2.75, 3.05) is 7.05 Å². The van der Waals surface area contributed by atoms with Gasteiger partial charge in [0.05, 0.1) is 5.69 Å². The molecular formula is C14H18BrN3. The molecule has 1 heterocycles. The van der Waals surface area contributed by atoms with Crippen molar-refractivity contribution in [2.45, 2.75) is 26.3 Å². The molecule has 0 fully saturated rings. The first-order chi connectivity index (χ1) is 8.76. The number of benzene rings is 1. The van der Waals surface area contributed by atoms with Gasteiger partial charge in [0.25, 0.3) is 0 Å². The third-order valence-electron chi connectivity index (χ3n) is 2.86. The van der Waals surface area contributed by atoms with Gasteiger partial charge < -0.3 is 9.88 Å². The Morgan fingerprint density at radius 2 is 2.22 bits per heavy atom. The zero-order valence-corrected chi connectivity index (χ0v) is 12.4. The number of rotatable bonds is 5. The van der Waals surface area contributed by atoms with Crippen molar-refractivity contribution < 1.29 is 0 Å².